The largest absolute Gasteiger partial charge is 0.378 e. The molecule has 0 aromatic carbocycles. The number of nitrogens with zero attached hydrogens (tertiary/aromatic N) is 1. The number of rotatable bonds is 4. The first kappa shape index (κ1) is 14.7. The molecule has 2 rings (SSSR count). The van der Waals surface area contributed by atoms with E-state index in [2.05, 4.69) is 29.4 Å². The van der Waals surface area contributed by atoms with E-state index < -0.39 is 0 Å². The molecule has 2 N–H and O–H groups in total. The molecule has 0 saturated carbocycles. The van der Waals surface area contributed by atoms with Gasteiger partial charge in [-0.3, -0.25) is 9.69 Å². The second kappa shape index (κ2) is 6.65. The molecule has 0 radical (unpaired) electrons. The Morgan fingerprint density at radius 2 is 2.32 bits per heavy atom. The molecule has 2 aliphatic rings. The molecule has 6 heteroatoms. The zero-order valence-electron chi connectivity index (χ0n) is 11.9. The van der Waals surface area contributed by atoms with Gasteiger partial charge in [0, 0.05) is 38.3 Å². The van der Waals surface area contributed by atoms with Crippen LogP contribution < -0.4 is 10.6 Å². The minimum Gasteiger partial charge on any atom is -0.378 e. The number of ether oxygens (including phenoxy) is 2. The van der Waals surface area contributed by atoms with Gasteiger partial charge in [0.15, 0.2) is 0 Å². The number of hydrogen-bond donors (Lipinski definition) is 2. The van der Waals surface area contributed by atoms with E-state index in [0.717, 1.165) is 32.8 Å². The van der Waals surface area contributed by atoms with Crippen LogP contribution in [0.5, 0.6) is 0 Å². The average Bonchev–Trinajstić information content (AvgIpc) is 2.41. The van der Waals surface area contributed by atoms with Crippen LogP contribution in [0.1, 0.15) is 13.8 Å². The topological polar surface area (TPSA) is 62.8 Å². The summed E-state index contributed by atoms with van der Waals surface area (Å²) in [6.07, 6.45) is -0.341. The van der Waals surface area contributed by atoms with Crippen LogP contribution >= 0.6 is 0 Å². The predicted molar refractivity (Wildman–Crippen MR) is 72.1 cm³/mol. The molecule has 0 aromatic rings. The third-order valence-electron chi connectivity index (χ3n) is 3.72. The van der Waals surface area contributed by atoms with Gasteiger partial charge in [0.1, 0.15) is 6.10 Å². The lowest BCUT2D eigenvalue weighted by Gasteiger charge is -2.42. The van der Waals surface area contributed by atoms with Crippen LogP contribution in [0.3, 0.4) is 0 Å². The Bertz CT molecular complexity index is 304. The molecular formula is C13H25N3O3. The molecule has 2 heterocycles. The Hall–Kier alpha value is -0.690. The molecule has 1 amide bonds. The van der Waals surface area contributed by atoms with E-state index in [4.69, 9.17) is 9.47 Å². The minimum absolute atomic E-state index is 0.0155. The van der Waals surface area contributed by atoms with Gasteiger partial charge >= 0.3 is 0 Å². The molecule has 2 saturated heterocycles. The fraction of sp³-hybridized carbons (Fsp3) is 0.923. The van der Waals surface area contributed by atoms with E-state index in [1.165, 1.54) is 0 Å². The van der Waals surface area contributed by atoms with Gasteiger partial charge < -0.3 is 20.1 Å². The fourth-order valence-corrected chi connectivity index (χ4v) is 2.47. The highest BCUT2D eigenvalue weighted by atomic mass is 16.5. The van der Waals surface area contributed by atoms with Gasteiger partial charge in [-0.15, -0.1) is 0 Å². The maximum Gasteiger partial charge on any atom is 0.250 e. The molecular weight excluding hydrogens is 246 g/mol. The summed E-state index contributed by atoms with van der Waals surface area (Å²) in [4.78, 5) is 14.2. The lowest BCUT2D eigenvalue weighted by atomic mass is 10.0. The first-order valence-corrected chi connectivity index (χ1v) is 7.02. The second-order valence-corrected chi connectivity index (χ2v) is 5.71. The van der Waals surface area contributed by atoms with E-state index in [1.54, 1.807) is 0 Å². The van der Waals surface area contributed by atoms with Crippen LogP contribution in [-0.4, -0.2) is 75.0 Å². The van der Waals surface area contributed by atoms with E-state index in [1.807, 2.05) is 0 Å². The number of hydrogen-bond acceptors (Lipinski definition) is 5. The summed E-state index contributed by atoms with van der Waals surface area (Å²) < 4.78 is 10.9. The summed E-state index contributed by atoms with van der Waals surface area (Å²) in [6.45, 7) is 10.3. The molecule has 0 aliphatic carbocycles. The van der Waals surface area contributed by atoms with E-state index >= 15 is 0 Å². The van der Waals surface area contributed by atoms with Gasteiger partial charge in [0.2, 0.25) is 0 Å². The molecule has 0 aromatic heterocycles. The normalized spacial score (nSPS) is 28.0. The van der Waals surface area contributed by atoms with E-state index in [-0.39, 0.29) is 17.6 Å². The Labute approximate surface area is 114 Å². The summed E-state index contributed by atoms with van der Waals surface area (Å²) >= 11 is 0. The van der Waals surface area contributed by atoms with Crippen LogP contribution in [0, 0.1) is 0 Å². The van der Waals surface area contributed by atoms with Gasteiger partial charge in [0.25, 0.3) is 5.91 Å². The van der Waals surface area contributed by atoms with Crippen molar-refractivity contribution in [3.05, 3.63) is 0 Å². The fourth-order valence-electron chi connectivity index (χ4n) is 2.47. The third-order valence-corrected chi connectivity index (χ3v) is 3.72. The van der Waals surface area contributed by atoms with Gasteiger partial charge in [0.05, 0.1) is 19.8 Å². The molecule has 0 bridgehead atoms. The Balaban J connectivity index is 1.69. The monoisotopic (exact) mass is 271 g/mol. The highest BCUT2D eigenvalue weighted by molar-refractivity contribution is 5.81. The SMILES string of the molecule is CC1(C)COCCN1CCNC(=O)C1CNCCO1. The Kier molecular flexibility index (Phi) is 5.15. The molecule has 19 heavy (non-hydrogen) atoms. The average molecular weight is 271 g/mol. The van der Waals surface area contributed by atoms with Crippen molar-refractivity contribution >= 4 is 5.91 Å². The maximum atomic E-state index is 11.9. The molecule has 1 unspecified atom stereocenters. The number of amides is 1. The second-order valence-electron chi connectivity index (χ2n) is 5.71. The summed E-state index contributed by atoms with van der Waals surface area (Å²) in [5.41, 5.74) is 0.0475. The number of morpholine rings is 2. The number of carbonyl (C=O) groups excluding carboxylic acids is 1. The quantitative estimate of drug-likeness (QED) is 0.701. The van der Waals surface area contributed by atoms with Crippen LogP contribution in [0.15, 0.2) is 0 Å². The Morgan fingerprint density at radius 1 is 1.47 bits per heavy atom. The third kappa shape index (κ3) is 4.14. The highest BCUT2D eigenvalue weighted by Gasteiger charge is 2.30. The van der Waals surface area contributed by atoms with Crippen molar-refractivity contribution in [3.8, 4) is 0 Å². The smallest absolute Gasteiger partial charge is 0.250 e. The van der Waals surface area contributed by atoms with Crippen molar-refractivity contribution in [3.63, 3.8) is 0 Å². The first-order valence-electron chi connectivity index (χ1n) is 7.02. The molecule has 110 valence electrons. The Morgan fingerprint density at radius 3 is 3.00 bits per heavy atom. The molecule has 6 nitrogen and oxygen atoms in total. The summed E-state index contributed by atoms with van der Waals surface area (Å²) in [7, 11) is 0. The van der Waals surface area contributed by atoms with Crippen LogP contribution in [0.25, 0.3) is 0 Å². The standard InChI is InChI=1S/C13H25N3O3/c1-13(2)10-18-8-6-16(13)5-3-15-12(17)11-9-14-4-7-19-11/h11,14H,3-10H2,1-2H3,(H,15,17). The van der Waals surface area contributed by atoms with Crippen molar-refractivity contribution in [2.45, 2.75) is 25.5 Å². The van der Waals surface area contributed by atoms with Crippen LogP contribution in [0.2, 0.25) is 0 Å². The van der Waals surface area contributed by atoms with Crippen molar-refractivity contribution in [1.29, 1.82) is 0 Å². The van der Waals surface area contributed by atoms with Crippen molar-refractivity contribution in [1.82, 2.24) is 15.5 Å². The van der Waals surface area contributed by atoms with Gasteiger partial charge in [-0.05, 0) is 13.8 Å². The van der Waals surface area contributed by atoms with E-state index in [9.17, 15) is 4.79 Å². The molecule has 0 spiro atoms. The van der Waals surface area contributed by atoms with Crippen LogP contribution in [-0.2, 0) is 14.3 Å². The van der Waals surface area contributed by atoms with Crippen LogP contribution in [0.4, 0.5) is 0 Å². The van der Waals surface area contributed by atoms with Gasteiger partial charge in [-0.25, -0.2) is 0 Å². The molecule has 2 aliphatic heterocycles. The molecule has 2 fully saturated rings. The number of nitrogens with one attached hydrogen (secondary N) is 2. The zero-order valence-corrected chi connectivity index (χ0v) is 11.9. The minimum atomic E-state index is -0.341. The lowest BCUT2D eigenvalue weighted by molar-refractivity contribution is -0.134. The number of carbonyl (C=O) groups is 1. The summed E-state index contributed by atoms with van der Waals surface area (Å²) in [5.74, 6) is -0.0155. The lowest BCUT2D eigenvalue weighted by Crippen LogP contribution is -2.55. The molecule has 1 atom stereocenters. The first-order chi connectivity index (χ1) is 9.09. The van der Waals surface area contributed by atoms with E-state index in [0.29, 0.717) is 19.7 Å². The summed E-state index contributed by atoms with van der Waals surface area (Å²) in [5, 5.41) is 6.11. The van der Waals surface area contributed by atoms with Gasteiger partial charge in [-0.2, -0.15) is 0 Å². The highest BCUT2D eigenvalue weighted by Crippen LogP contribution is 2.17. The predicted octanol–water partition coefficient (Wildman–Crippen LogP) is -0.798. The maximum absolute atomic E-state index is 11.9. The van der Waals surface area contributed by atoms with Crippen molar-refractivity contribution in [2.24, 2.45) is 0 Å². The summed E-state index contributed by atoms with van der Waals surface area (Å²) in [6, 6.07) is 0. The zero-order chi connectivity index (χ0) is 13.7. The van der Waals surface area contributed by atoms with Gasteiger partial charge in [-0.1, -0.05) is 0 Å². The van der Waals surface area contributed by atoms with Crippen molar-refractivity contribution in [2.75, 3.05) is 52.5 Å². The van der Waals surface area contributed by atoms with Crippen molar-refractivity contribution < 1.29 is 14.3 Å².